The molecule has 5 heteroatoms. The second-order valence-corrected chi connectivity index (χ2v) is 6.84. The van der Waals surface area contributed by atoms with Gasteiger partial charge in [-0.3, -0.25) is 9.69 Å². The van der Waals surface area contributed by atoms with Crippen LogP contribution >= 0.6 is 11.3 Å². The number of hydrogen-bond acceptors (Lipinski definition) is 4. The first-order valence-electron chi connectivity index (χ1n) is 6.88. The van der Waals surface area contributed by atoms with Crippen LogP contribution in [-0.4, -0.2) is 29.9 Å². The summed E-state index contributed by atoms with van der Waals surface area (Å²) in [5.74, 6) is 0.249. The lowest BCUT2D eigenvalue weighted by Gasteiger charge is -2.24. The first kappa shape index (κ1) is 15.0. The summed E-state index contributed by atoms with van der Waals surface area (Å²) < 4.78 is 0. The highest BCUT2D eigenvalue weighted by molar-refractivity contribution is 7.10. The second kappa shape index (κ2) is 5.94. The first-order valence-corrected chi connectivity index (χ1v) is 7.76. The Bertz CT molecular complexity index is 529. The predicted octanol–water partition coefficient (Wildman–Crippen LogP) is 2.30. The zero-order valence-corrected chi connectivity index (χ0v) is 13.1. The number of carbonyl (C=O) groups excluding carboxylic acids is 1. The number of carbonyl (C=O) groups is 1. The molecule has 1 fully saturated rings. The van der Waals surface area contributed by atoms with Gasteiger partial charge >= 0.3 is 0 Å². The van der Waals surface area contributed by atoms with Crippen molar-refractivity contribution in [1.82, 2.24) is 10.2 Å². The number of thiophene rings is 1. The smallest absolute Gasteiger partial charge is 0.235 e. The average Bonchev–Trinajstić information content (AvgIpc) is 3.16. The van der Waals surface area contributed by atoms with Gasteiger partial charge in [0, 0.05) is 11.4 Å². The molecular weight excluding hydrogens is 270 g/mol. The van der Waals surface area contributed by atoms with Gasteiger partial charge in [-0.25, -0.2) is 0 Å². The highest BCUT2D eigenvalue weighted by atomic mass is 32.1. The number of nitrogens with one attached hydrogen (secondary N) is 1. The van der Waals surface area contributed by atoms with Crippen molar-refractivity contribution in [2.24, 2.45) is 5.92 Å². The third kappa shape index (κ3) is 3.59. The molecule has 0 aliphatic heterocycles. The van der Waals surface area contributed by atoms with Gasteiger partial charge in [0.15, 0.2) is 0 Å². The Balaban J connectivity index is 1.85. The van der Waals surface area contributed by atoms with Gasteiger partial charge < -0.3 is 5.32 Å². The van der Waals surface area contributed by atoms with E-state index in [0.717, 1.165) is 19.4 Å². The third-order valence-electron chi connectivity index (χ3n) is 3.82. The van der Waals surface area contributed by atoms with E-state index in [1.807, 2.05) is 18.9 Å². The zero-order chi connectivity index (χ0) is 14.8. The molecule has 0 spiro atoms. The van der Waals surface area contributed by atoms with E-state index in [1.165, 1.54) is 10.4 Å². The van der Waals surface area contributed by atoms with Gasteiger partial charge in [0.25, 0.3) is 0 Å². The van der Waals surface area contributed by atoms with E-state index in [1.54, 1.807) is 11.3 Å². The predicted molar refractivity (Wildman–Crippen MR) is 80.3 cm³/mol. The molecule has 1 atom stereocenters. The molecule has 20 heavy (non-hydrogen) atoms. The minimum atomic E-state index is -0.698. The van der Waals surface area contributed by atoms with E-state index in [9.17, 15) is 10.1 Å². The van der Waals surface area contributed by atoms with E-state index in [0.29, 0.717) is 12.5 Å². The number of amides is 1. The van der Waals surface area contributed by atoms with Crippen LogP contribution in [0.3, 0.4) is 0 Å². The van der Waals surface area contributed by atoms with E-state index < -0.39 is 5.54 Å². The molecule has 2 rings (SSSR count). The van der Waals surface area contributed by atoms with Crippen molar-refractivity contribution in [1.29, 1.82) is 5.26 Å². The van der Waals surface area contributed by atoms with E-state index in [-0.39, 0.29) is 5.91 Å². The fourth-order valence-electron chi connectivity index (χ4n) is 2.32. The molecule has 1 saturated carbocycles. The molecule has 0 unspecified atom stereocenters. The molecule has 0 bridgehead atoms. The Morgan fingerprint density at radius 1 is 1.65 bits per heavy atom. The fourth-order valence-corrected chi connectivity index (χ4v) is 3.31. The van der Waals surface area contributed by atoms with Gasteiger partial charge in [-0.05, 0) is 56.7 Å². The molecular formula is C15H21N3OS. The summed E-state index contributed by atoms with van der Waals surface area (Å²) in [6.45, 7) is 5.00. The number of hydrogen-bond donors (Lipinski definition) is 1. The lowest BCUT2D eigenvalue weighted by Crippen LogP contribution is -2.49. The molecule has 0 radical (unpaired) electrons. The zero-order valence-electron chi connectivity index (χ0n) is 12.3. The number of nitrogens with zero attached hydrogens (tertiary/aromatic N) is 2. The monoisotopic (exact) mass is 291 g/mol. The number of nitriles is 1. The van der Waals surface area contributed by atoms with Gasteiger partial charge in [0.05, 0.1) is 12.6 Å². The minimum Gasteiger partial charge on any atom is -0.337 e. The summed E-state index contributed by atoms with van der Waals surface area (Å²) in [6, 6.07) is 4.34. The topological polar surface area (TPSA) is 56.1 Å². The van der Waals surface area contributed by atoms with Crippen molar-refractivity contribution >= 4 is 17.2 Å². The fraction of sp³-hybridized carbons (Fsp3) is 0.600. The van der Waals surface area contributed by atoms with Crippen LogP contribution in [0.2, 0.25) is 0 Å². The van der Waals surface area contributed by atoms with Crippen molar-refractivity contribution < 1.29 is 4.79 Å². The average molecular weight is 291 g/mol. The number of likely N-dealkylation sites (N-methyl/N-ethyl adjacent to an activating group) is 1. The Hall–Kier alpha value is -1.38. The van der Waals surface area contributed by atoms with Crippen molar-refractivity contribution in [3.05, 3.63) is 21.9 Å². The molecule has 0 aromatic carbocycles. The largest absolute Gasteiger partial charge is 0.337 e. The molecule has 1 aromatic rings. The van der Waals surface area contributed by atoms with Gasteiger partial charge in [0.1, 0.15) is 5.54 Å². The minimum absolute atomic E-state index is 0.0716. The van der Waals surface area contributed by atoms with Crippen molar-refractivity contribution in [2.45, 2.75) is 38.8 Å². The number of rotatable bonds is 6. The maximum Gasteiger partial charge on any atom is 0.235 e. The van der Waals surface area contributed by atoms with Crippen LogP contribution in [0, 0.1) is 24.2 Å². The van der Waals surface area contributed by atoms with Gasteiger partial charge in [-0.1, -0.05) is 0 Å². The van der Waals surface area contributed by atoms with Crippen LogP contribution in [-0.2, 0) is 11.3 Å². The Morgan fingerprint density at radius 2 is 2.35 bits per heavy atom. The van der Waals surface area contributed by atoms with Crippen LogP contribution in [0.5, 0.6) is 0 Å². The first-order chi connectivity index (χ1) is 9.44. The highest BCUT2D eigenvalue weighted by Crippen LogP contribution is 2.39. The van der Waals surface area contributed by atoms with Gasteiger partial charge in [0.2, 0.25) is 5.91 Å². The molecule has 4 nitrogen and oxygen atoms in total. The summed E-state index contributed by atoms with van der Waals surface area (Å²) in [5, 5.41) is 14.2. The maximum atomic E-state index is 12.1. The molecule has 0 saturated heterocycles. The quantitative estimate of drug-likeness (QED) is 0.875. The van der Waals surface area contributed by atoms with Crippen molar-refractivity contribution in [3.8, 4) is 6.07 Å². The Labute approximate surface area is 124 Å². The highest BCUT2D eigenvalue weighted by Gasteiger charge is 2.43. The lowest BCUT2D eigenvalue weighted by molar-refractivity contribution is -0.123. The summed E-state index contributed by atoms with van der Waals surface area (Å²) in [4.78, 5) is 15.3. The van der Waals surface area contributed by atoms with E-state index >= 15 is 0 Å². The summed E-state index contributed by atoms with van der Waals surface area (Å²) >= 11 is 1.71. The van der Waals surface area contributed by atoms with Crippen molar-refractivity contribution in [3.63, 3.8) is 0 Å². The summed E-state index contributed by atoms with van der Waals surface area (Å²) in [6.07, 6.45) is 2.07. The molecule has 1 heterocycles. The summed E-state index contributed by atoms with van der Waals surface area (Å²) in [5.41, 5.74) is 0.568. The van der Waals surface area contributed by atoms with Gasteiger partial charge in [-0.2, -0.15) is 5.26 Å². The standard InChI is InChI=1S/C15H21N3OS/c1-11-6-7-20-13(11)8-18(3)9-14(19)17-15(2,10-16)12-4-5-12/h6-7,12H,4-5,8-9H2,1-3H3,(H,17,19)/t15-/m1/s1. The van der Waals surface area contributed by atoms with E-state index in [4.69, 9.17) is 0 Å². The maximum absolute atomic E-state index is 12.1. The molecule has 1 aliphatic carbocycles. The van der Waals surface area contributed by atoms with Crippen LogP contribution in [0.25, 0.3) is 0 Å². The van der Waals surface area contributed by atoms with Crippen LogP contribution in [0.15, 0.2) is 11.4 Å². The van der Waals surface area contributed by atoms with Crippen LogP contribution in [0.1, 0.15) is 30.2 Å². The SMILES string of the molecule is Cc1ccsc1CN(C)CC(=O)N[C@](C)(C#N)C1CC1. The van der Waals surface area contributed by atoms with Crippen molar-refractivity contribution in [2.75, 3.05) is 13.6 Å². The van der Waals surface area contributed by atoms with E-state index in [2.05, 4.69) is 29.8 Å². The Morgan fingerprint density at radius 3 is 2.85 bits per heavy atom. The molecule has 108 valence electrons. The number of aryl methyl sites for hydroxylation is 1. The van der Waals surface area contributed by atoms with Crippen LogP contribution < -0.4 is 5.32 Å². The molecule has 1 aromatic heterocycles. The normalized spacial score (nSPS) is 17.6. The Kier molecular flexibility index (Phi) is 4.46. The third-order valence-corrected chi connectivity index (χ3v) is 4.83. The van der Waals surface area contributed by atoms with Gasteiger partial charge in [-0.15, -0.1) is 11.3 Å². The molecule has 1 amide bonds. The molecule has 1 N–H and O–H groups in total. The second-order valence-electron chi connectivity index (χ2n) is 5.84. The summed E-state index contributed by atoms with van der Waals surface area (Å²) in [7, 11) is 1.93. The molecule has 1 aliphatic rings. The lowest BCUT2D eigenvalue weighted by atomic mass is 9.98. The van der Waals surface area contributed by atoms with Crippen LogP contribution in [0.4, 0.5) is 0 Å².